The molecule has 3 aromatic carbocycles. The fraction of sp³-hybridized carbons (Fsp3) is 0.400. The second kappa shape index (κ2) is 11.6. The van der Waals surface area contributed by atoms with Crippen LogP contribution < -0.4 is 4.74 Å². The second-order valence-corrected chi connectivity index (χ2v) is 14.6. The van der Waals surface area contributed by atoms with Crippen LogP contribution in [0, 0.1) is 0 Å². The summed E-state index contributed by atoms with van der Waals surface area (Å²) in [7, 11) is -6.23. The predicted molar refractivity (Wildman–Crippen MR) is 152 cm³/mol. The Labute approximate surface area is 242 Å². The van der Waals surface area contributed by atoms with Gasteiger partial charge in [0.25, 0.3) is 0 Å². The van der Waals surface area contributed by atoms with Crippen LogP contribution in [0.25, 0.3) is 0 Å². The maximum atomic E-state index is 14.0. The van der Waals surface area contributed by atoms with E-state index in [0.29, 0.717) is 6.61 Å². The van der Waals surface area contributed by atoms with Crippen LogP contribution in [0.1, 0.15) is 45.7 Å². The molecule has 4 unspecified atom stereocenters. The van der Waals surface area contributed by atoms with E-state index in [1.54, 1.807) is 12.1 Å². The van der Waals surface area contributed by atoms with Crippen molar-refractivity contribution in [3.05, 3.63) is 83.9 Å². The summed E-state index contributed by atoms with van der Waals surface area (Å²) < 4.78 is 76.0. The van der Waals surface area contributed by atoms with Gasteiger partial charge in [-0.2, -0.15) is 17.2 Å². The maximum absolute atomic E-state index is 14.0. The van der Waals surface area contributed by atoms with E-state index in [0.717, 1.165) is 27.2 Å². The van der Waals surface area contributed by atoms with E-state index < -0.39 is 44.3 Å². The fourth-order valence-electron chi connectivity index (χ4n) is 4.41. The Balaban J connectivity index is 1.67. The maximum Gasteiger partial charge on any atom is 0.405 e. The lowest BCUT2D eigenvalue weighted by Crippen LogP contribution is -2.42. The van der Waals surface area contributed by atoms with E-state index in [-0.39, 0.29) is 17.8 Å². The highest BCUT2D eigenvalue weighted by Gasteiger charge is 2.51. The van der Waals surface area contributed by atoms with Crippen molar-refractivity contribution in [2.75, 3.05) is 13.2 Å². The number of alkyl halides is 2. The zero-order valence-electron chi connectivity index (χ0n) is 23.5. The zero-order valence-corrected chi connectivity index (χ0v) is 25.1. The molecule has 11 heteroatoms. The van der Waals surface area contributed by atoms with Crippen LogP contribution >= 0.6 is 0 Å². The number of aliphatic hydroxyl groups excluding tert-OH is 1. The number of benzene rings is 3. The molecule has 2 N–H and O–H groups in total. The molecule has 1 saturated heterocycles. The van der Waals surface area contributed by atoms with Gasteiger partial charge in [-0.25, -0.2) is 0 Å². The Morgan fingerprint density at radius 1 is 0.976 bits per heavy atom. The molecule has 4 atom stereocenters. The van der Waals surface area contributed by atoms with Gasteiger partial charge in [-0.15, -0.1) is 0 Å². The van der Waals surface area contributed by atoms with Gasteiger partial charge in [0.1, 0.15) is 11.9 Å². The molecule has 41 heavy (non-hydrogen) atoms. The van der Waals surface area contributed by atoms with Crippen LogP contribution in [-0.2, 0) is 41.7 Å². The third kappa shape index (κ3) is 6.76. The summed E-state index contributed by atoms with van der Waals surface area (Å²) in [5.41, 5.74) is 1.96. The average molecular weight is 610 g/mol. The fourth-order valence-corrected chi connectivity index (χ4v) is 6.92. The van der Waals surface area contributed by atoms with Gasteiger partial charge in [-0.3, -0.25) is 4.55 Å². The topological polar surface area (TPSA) is 102 Å². The van der Waals surface area contributed by atoms with Crippen LogP contribution in [0.15, 0.2) is 87.5 Å². The van der Waals surface area contributed by atoms with Crippen molar-refractivity contribution in [2.45, 2.75) is 78.0 Å². The van der Waals surface area contributed by atoms with Crippen LogP contribution in [0.3, 0.4) is 0 Å². The standard InChI is InChI=1S/C30H34F2O7S2/c1-20(30(31,32)41(34,35)36)38-23-10-16-27(17-11-23)40(25-12-6-21(7-13-25)28(2,3)4)26-14-8-22(9-15-26)29(5)37-19-24(18-33)39-29/h6-17,20,24,33H,18-19H2,1-5H3/p+1. The van der Waals surface area contributed by atoms with E-state index in [4.69, 9.17) is 18.8 Å². The first-order valence-electron chi connectivity index (χ1n) is 13.0. The van der Waals surface area contributed by atoms with Gasteiger partial charge in [0.05, 0.1) is 24.1 Å². The largest absolute Gasteiger partial charge is 0.483 e. The number of rotatable bonds is 9. The molecular weight excluding hydrogens is 574 g/mol. The van der Waals surface area contributed by atoms with E-state index in [2.05, 4.69) is 45.0 Å². The third-order valence-electron chi connectivity index (χ3n) is 6.90. The Hall–Kier alpha value is -2.54. The van der Waals surface area contributed by atoms with Crippen LogP contribution in [0.4, 0.5) is 8.78 Å². The Morgan fingerprint density at radius 3 is 1.90 bits per heavy atom. The molecule has 0 spiro atoms. The summed E-state index contributed by atoms with van der Waals surface area (Å²) in [6.45, 7) is 9.28. The molecule has 1 aliphatic heterocycles. The third-order valence-corrected chi connectivity index (χ3v) is 10.2. The molecule has 7 nitrogen and oxygen atoms in total. The number of ether oxygens (including phenoxy) is 3. The predicted octanol–water partition coefficient (Wildman–Crippen LogP) is 5.91. The van der Waals surface area contributed by atoms with Crippen molar-refractivity contribution in [1.29, 1.82) is 0 Å². The normalized spacial score (nSPS) is 21.4. The van der Waals surface area contributed by atoms with Crippen LogP contribution in [0.5, 0.6) is 5.75 Å². The smallest absolute Gasteiger partial charge is 0.405 e. The van der Waals surface area contributed by atoms with Gasteiger partial charge in [0, 0.05) is 5.56 Å². The first-order chi connectivity index (χ1) is 19.0. The number of hydrogen-bond donors (Lipinski definition) is 2. The van der Waals surface area contributed by atoms with Gasteiger partial charge in [-0.1, -0.05) is 32.9 Å². The monoisotopic (exact) mass is 609 g/mol. The Kier molecular flexibility index (Phi) is 8.90. The summed E-state index contributed by atoms with van der Waals surface area (Å²) >= 11 is 0. The molecule has 222 valence electrons. The van der Waals surface area contributed by atoms with Crippen molar-refractivity contribution < 1.29 is 41.1 Å². The molecule has 0 saturated carbocycles. The van der Waals surface area contributed by atoms with Crippen molar-refractivity contribution in [2.24, 2.45) is 0 Å². The lowest BCUT2D eigenvalue weighted by molar-refractivity contribution is -0.165. The first-order valence-corrected chi connectivity index (χ1v) is 15.7. The van der Waals surface area contributed by atoms with Crippen LogP contribution in [-0.4, -0.2) is 48.8 Å². The molecule has 0 radical (unpaired) electrons. The Morgan fingerprint density at radius 2 is 1.46 bits per heavy atom. The summed E-state index contributed by atoms with van der Waals surface area (Å²) in [5.74, 6) is -0.938. The van der Waals surface area contributed by atoms with Crippen molar-refractivity contribution in [1.82, 2.24) is 0 Å². The van der Waals surface area contributed by atoms with E-state index >= 15 is 0 Å². The molecule has 4 rings (SSSR count). The molecule has 0 bridgehead atoms. The molecule has 1 heterocycles. The summed E-state index contributed by atoms with van der Waals surface area (Å²) in [6, 6.07) is 22.7. The minimum absolute atomic E-state index is 0.0261. The minimum atomic E-state index is -5.64. The molecule has 0 amide bonds. The highest BCUT2D eigenvalue weighted by Crippen LogP contribution is 2.38. The highest BCUT2D eigenvalue weighted by atomic mass is 32.2. The van der Waals surface area contributed by atoms with Gasteiger partial charge < -0.3 is 19.3 Å². The van der Waals surface area contributed by atoms with Gasteiger partial charge >= 0.3 is 15.4 Å². The first kappa shape index (κ1) is 31.4. The quantitative estimate of drug-likeness (QED) is 0.230. The van der Waals surface area contributed by atoms with Crippen LogP contribution in [0.2, 0.25) is 0 Å². The summed E-state index contributed by atoms with van der Waals surface area (Å²) in [4.78, 5) is 2.89. The van der Waals surface area contributed by atoms with Crippen molar-refractivity contribution >= 4 is 21.0 Å². The van der Waals surface area contributed by atoms with Crippen molar-refractivity contribution in [3.63, 3.8) is 0 Å². The van der Waals surface area contributed by atoms with Gasteiger partial charge in [-0.05, 0) is 85.5 Å². The molecule has 3 aromatic rings. The molecular formula is C30H35F2O7S2+. The SMILES string of the molecule is CC(Oc1ccc([S+](c2ccc(C(C)(C)C)cc2)c2ccc(C3(C)OCC(CO)O3)cc2)cc1)C(F)(F)S(=O)(=O)O. The zero-order chi connectivity index (χ0) is 30.2. The number of halogens is 2. The minimum Gasteiger partial charge on any atom is -0.483 e. The number of aliphatic hydroxyl groups is 1. The van der Waals surface area contributed by atoms with E-state index in [1.807, 2.05) is 31.2 Å². The molecule has 1 fully saturated rings. The lowest BCUT2D eigenvalue weighted by atomic mass is 9.87. The molecule has 0 aromatic heterocycles. The molecule has 1 aliphatic rings. The van der Waals surface area contributed by atoms with Gasteiger partial charge in [0.2, 0.25) is 0 Å². The average Bonchev–Trinajstić information content (AvgIpc) is 3.31. The number of hydrogen-bond acceptors (Lipinski definition) is 6. The van der Waals surface area contributed by atoms with Crippen molar-refractivity contribution in [3.8, 4) is 5.75 Å². The van der Waals surface area contributed by atoms with E-state index in [9.17, 15) is 22.3 Å². The second-order valence-electron chi connectivity index (χ2n) is 11.1. The Bertz CT molecular complexity index is 1440. The van der Waals surface area contributed by atoms with Gasteiger partial charge in [0.15, 0.2) is 26.6 Å². The van der Waals surface area contributed by atoms with E-state index in [1.165, 1.54) is 17.7 Å². The highest BCUT2D eigenvalue weighted by molar-refractivity contribution is 7.97. The molecule has 0 aliphatic carbocycles. The lowest BCUT2D eigenvalue weighted by Gasteiger charge is -2.23. The summed E-state index contributed by atoms with van der Waals surface area (Å²) in [6.07, 6.45) is -2.50. The summed E-state index contributed by atoms with van der Waals surface area (Å²) in [5, 5.41) is 4.97.